The van der Waals surface area contributed by atoms with Crippen molar-refractivity contribution < 1.29 is 9.21 Å². The molecule has 0 aliphatic heterocycles. The van der Waals surface area contributed by atoms with Gasteiger partial charge in [-0.25, -0.2) is 0 Å². The van der Waals surface area contributed by atoms with Gasteiger partial charge in [-0.3, -0.25) is 4.79 Å². The van der Waals surface area contributed by atoms with Crippen LogP contribution in [-0.2, 0) is 11.3 Å². The number of nitrogens with one attached hydrogen (secondary N) is 2. The molecule has 0 radical (unpaired) electrons. The summed E-state index contributed by atoms with van der Waals surface area (Å²) in [6, 6.07) is 15.8. The van der Waals surface area contributed by atoms with E-state index in [-0.39, 0.29) is 11.7 Å². The van der Waals surface area contributed by atoms with Crippen molar-refractivity contribution in [3.05, 3.63) is 65.4 Å². The molecule has 0 fully saturated rings. The number of hydrogen-bond donors (Lipinski definition) is 2. The van der Waals surface area contributed by atoms with Crippen LogP contribution in [0.25, 0.3) is 22.4 Å². The molecule has 0 atom stereocenters. The van der Waals surface area contributed by atoms with Crippen LogP contribution in [0.2, 0.25) is 0 Å². The van der Waals surface area contributed by atoms with Gasteiger partial charge < -0.3 is 14.7 Å². The van der Waals surface area contributed by atoms with Crippen LogP contribution in [0.4, 0.5) is 0 Å². The Labute approximate surface area is 166 Å². The third kappa shape index (κ3) is 3.94. The summed E-state index contributed by atoms with van der Waals surface area (Å²) >= 11 is 1.23. The minimum absolute atomic E-state index is 0.0755. The Morgan fingerprint density at radius 2 is 1.96 bits per heavy atom. The Balaban J connectivity index is 1.38. The number of carbonyl (C=O) groups is 1. The van der Waals surface area contributed by atoms with Crippen LogP contribution in [0.15, 0.2) is 58.2 Å². The second kappa shape index (κ2) is 7.90. The summed E-state index contributed by atoms with van der Waals surface area (Å²) in [6.45, 7) is 4.64. The van der Waals surface area contributed by atoms with Crippen LogP contribution in [0, 0.1) is 13.8 Å². The molecule has 0 saturated heterocycles. The van der Waals surface area contributed by atoms with Crippen LogP contribution in [0.5, 0.6) is 0 Å². The first-order chi connectivity index (χ1) is 13.6. The Morgan fingerprint density at radius 1 is 1.14 bits per heavy atom. The second-order valence-corrected chi connectivity index (χ2v) is 7.49. The van der Waals surface area contributed by atoms with Crippen molar-refractivity contribution in [3.8, 4) is 11.5 Å². The largest absolute Gasteiger partial charge is 0.411 e. The Hall–Kier alpha value is -3.06. The number of rotatable bonds is 6. The first-order valence-electron chi connectivity index (χ1n) is 8.96. The third-order valence-corrected chi connectivity index (χ3v) is 5.44. The van der Waals surface area contributed by atoms with Crippen LogP contribution in [-0.4, -0.2) is 26.8 Å². The number of amides is 1. The molecule has 142 valence electrons. The van der Waals surface area contributed by atoms with Gasteiger partial charge in [-0.15, -0.1) is 10.2 Å². The zero-order valence-electron chi connectivity index (χ0n) is 15.7. The van der Waals surface area contributed by atoms with Gasteiger partial charge in [0, 0.05) is 28.7 Å². The number of thioether (sulfide) groups is 1. The zero-order chi connectivity index (χ0) is 19.5. The summed E-state index contributed by atoms with van der Waals surface area (Å²) in [7, 11) is 0. The highest BCUT2D eigenvalue weighted by atomic mass is 32.2. The fraction of sp³-hybridized carbons (Fsp3) is 0.190. The predicted molar refractivity (Wildman–Crippen MR) is 110 cm³/mol. The molecule has 2 heterocycles. The lowest BCUT2D eigenvalue weighted by Crippen LogP contribution is -2.24. The molecule has 4 aromatic rings. The van der Waals surface area contributed by atoms with Crippen molar-refractivity contribution >= 4 is 28.6 Å². The molecular weight excluding hydrogens is 372 g/mol. The summed E-state index contributed by atoms with van der Waals surface area (Å²) in [5.74, 6) is 0.602. The normalized spacial score (nSPS) is 11.1. The van der Waals surface area contributed by atoms with E-state index in [1.165, 1.54) is 17.3 Å². The summed E-state index contributed by atoms with van der Waals surface area (Å²) in [5.41, 5.74) is 5.37. The molecule has 0 saturated carbocycles. The van der Waals surface area contributed by atoms with Crippen LogP contribution >= 0.6 is 11.8 Å². The van der Waals surface area contributed by atoms with Gasteiger partial charge in [0.05, 0.1) is 5.75 Å². The molecule has 6 nitrogen and oxygen atoms in total. The number of aromatic nitrogens is 3. The Kier molecular flexibility index (Phi) is 5.16. The molecule has 0 unspecified atom stereocenters. The summed E-state index contributed by atoms with van der Waals surface area (Å²) in [5, 5.41) is 12.6. The molecule has 0 bridgehead atoms. The van der Waals surface area contributed by atoms with Crippen molar-refractivity contribution in [3.63, 3.8) is 0 Å². The molecule has 2 aromatic carbocycles. The van der Waals surface area contributed by atoms with E-state index < -0.39 is 0 Å². The van der Waals surface area contributed by atoms with Crippen LogP contribution in [0.3, 0.4) is 0 Å². The molecular formula is C21H20N4O2S. The van der Waals surface area contributed by atoms with Crippen molar-refractivity contribution in [1.29, 1.82) is 0 Å². The highest BCUT2D eigenvalue weighted by molar-refractivity contribution is 7.99. The van der Waals surface area contributed by atoms with E-state index in [1.807, 2.05) is 48.5 Å². The SMILES string of the molecule is Cc1[nH]c2ccc(-c3nnc(SCC(=O)NCc4ccccc4)o3)cc2c1C. The van der Waals surface area contributed by atoms with E-state index in [0.717, 1.165) is 27.7 Å². The molecule has 1 amide bonds. The molecule has 7 heteroatoms. The molecule has 4 rings (SSSR count). The number of H-pyrrole nitrogens is 1. The van der Waals surface area contributed by atoms with Crippen molar-refractivity contribution in [2.45, 2.75) is 25.6 Å². The minimum Gasteiger partial charge on any atom is -0.411 e. The van der Waals surface area contributed by atoms with E-state index in [1.54, 1.807) is 0 Å². The summed E-state index contributed by atoms with van der Waals surface area (Å²) in [6.07, 6.45) is 0. The molecule has 0 aliphatic rings. The lowest BCUT2D eigenvalue weighted by atomic mass is 10.1. The quantitative estimate of drug-likeness (QED) is 0.480. The first-order valence-corrected chi connectivity index (χ1v) is 9.95. The number of carbonyl (C=O) groups excluding carboxylic acids is 1. The number of nitrogens with zero attached hydrogens (tertiary/aromatic N) is 2. The Bertz CT molecular complexity index is 1120. The Morgan fingerprint density at radius 3 is 2.79 bits per heavy atom. The van der Waals surface area contributed by atoms with Crippen LogP contribution < -0.4 is 5.32 Å². The maximum atomic E-state index is 12.0. The van der Waals surface area contributed by atoms with Gasteiger partial charge in [0.2, 0.25) is 11.8 Å². The highest BCUT2D eigenvalue weighted by Gasteiger charge is 2.13. The number of benzene rings is 2. The van der Waals surface area contributed by atoms with Gasteiger partial charge in [0.25, 0.3) is 5.22 Å². The summed E-state index contributed by atoms with van der Waals surface area (Å²) < 4.78 is 5.73. The lowest BCUT2D eigenvalue weighted by molar-refractivity contribution is -0.118. The average molecular weight is 392 g/mol. The minimum atomic E-state index is -0.0755. The van der Waals surface area contributed by atoms with E-state index in [2.05, 4.69) is 34.3 Å². The highest BCUT2D eigenvalue weighted by Crippen LogP contribution is 2.28. The van der Waals surface area contributed by atoms with Gasteiger partial charge in [0.15, 0.2) is 0 Å². The number of hydrogen-bond acceptors (Lipinski definition) is 5. The van der Waals surface area contributed by atoms with Crippen molar-refractivity contribution in [2.75, 3.05) is 5.75 Å². The number of aromatic amines is 1. The summed E-state index contributed by atoms with van der Waals surface area (Å²) in [4.78, 5) is 15.4. The fourth-order valence-corrected chi connectivity index (χ4v) is 3.55. The van der Waals surface area contributed by atoms with E-state index in [4.69, 9.17) is 4.42 Å². The van der Waals surface area contributed by atoms with E-state index in [9.17, 15) is 4.79 Å². The van der Waals surface area contributed by atoms with Crippen molar-refractivity contribution in [2.24, 2.45) is 0 Å². The van der Waals surface area contributed by atoms with Gasteiger partial charge in [-0.1, -0.05) is 42.1 Å². The smallest absolute Gasteiger partial charge is 0.277 e. The average Bonchev–Trinajstić information content (AvgIpc) is 3.30. The monoisotopic (exact) mass is 392 g/mol. The lowest BCUT2D eigenvalue weighted by Gasteiger charge is -2.03. The van der Waals surface area contributed by atoms with E-state index >= 15 is 0 Å². The third-order valence-electron chi connectivity index (χ3n) is 4.62. The first kappa shape index (κ1) is 18.3. The standard InChI is InChI=1S/C21H20N4O2S/c1-13-14(2)23-18-9-8-16(10-17(13)18)20-24-25-21(27-20)28-12-19(26)22-11-15-6-4-3-5-7-15/h3-10,23H,11-12H2,1-2H3,(H,22,26). The zero-order valence-corrected chi connectivity index (χ0v) is 16.5. The number of aryl methyl sites for hydroxylation is 2. The maximum Gasteiger partial charge on any atom is 0.277 e. The topological polar surface area (TPSA) is 83.8 Å². The molecule has 28 heavy (non-hydrogen) atoms. The van der Waals surface area contributed by atoms with Gasteiger partial charge >= 0.3 is 0 Å². The maximum absolute atomic E-state index is 12.0. The molecule has 0 spiro atoms. The van der Waals surface area contributed by atoms with Crippen LogP contribution in [0.1, 0.15) is 16.8 Å². The molecule has 2 aromatic heterocycles. The number of fused-ring (bicyclic) bond motifs is 1. The van der Waals surface area contributed by atoms with Crippen molar-refractivity contribution in [1.82, 2.24) is 20.5 Å². The molecule has 2 N–H and O–H groups in total. The van der Waals surface area contributed by atoms with Gasteiger partial charge in [-0.05, 0) is 43.2 Å². The van der Waals surface area contributed by atoms with E-state index in [0.29, 0.717) is 17.7 Å². The predicted octanol–water partition coefficient (Wildman–Crippen LogP) is 4.24. The molecule has 0 aliphatic carbocycles. The van der Waals surface area contributed by atoms with Gasteiger partial charge in [-0.2, -0.15) is 0 Å². The van der Waals surface area contributed by atoms with Gasteiger partial charge in [0.1, 0.15) is 0 Å². The fourth-order valence-electron chi connectivity index (χ4n) is 2.95. The second-order valence-electron chi connectivity index (χ2n) is 6.56.